The summed E-state index contributed by atoms with van der Waals surface area (Å²) in [7, 11) is 0. The Bertz CT molecular complexity index is 790. The van der Waals surface area contributed by atoms with Crippen molar-refractivity contribution < 1.29 is 14.0 Å². The Morgan fingerprint density at radius 1 is 1.07 bits per heavy atom. The Kier molecular flexibility index (Phi) is 6.57. The molecule has 1 N–H and O–H groups in total. The maximum atomic E-state index is 12.9. The molecule has 148 valence electrons. The fourth-order valence-corrected chi connectivity index (χ4v) is 3.29. The number of halogens is 1. The summed E-state index contributed by atoms with van der Waals surface area (Å²) in [6.07, 6.45) is 2.35. The second-order valence-electron chi connectivity index (χ2n) is 7.12. The van der Waals surface area contributed by atoms with E-state index in [2.05, 4.69) is 15.2 Å². The van der Waals surface area contributed by atoms with Crippen molar-refractivity contribution >= 4 is 23.3 Å². The molecule has 1 aromatic heterocycles. The van der Waals surface area contributed by atoms with Crippen LogP contribution in [0.1, 0.15) is 19.8 Å². The maximum Gasteiger partial charge on any atom is 0.224 e. The van der Waals surface area contributed by atoms with E-state index >= 15 is 0 Å². The first-order valence-electron chi connectivity index (χ1n) is 9.50. The van der Waals surface area contributed by atoms with Crippen LogP contribution in [-0.2, 0) is 9.59 Å². The fourth-order valence-electron chi connectivity index (χ4n) is 3.29. The summed E-state index contributed by atoms with van der Waals surface area (Å²) in [4.78, 5) is 33.0. The van der Waals surface area contributed by atoms with Gasteiger partial charge >= 0.3 is 0 Å². The Morgan fingerprint density at radius 3 is 2.43 bits per heavy atom. The topological polar surface area (TPSA) is 65.5 Å². The van der Waals surface area contributed by atoms with Gasteiger partial charge < -0.3 is 15.1 Å². The highest BCUT2D eigenvalue weighted by Gasteiger charge is 2.23. The Labute approximate surface area is 164 Å². The number of rotatable bonds is 6. The Hall–Kier alpha value is -2.96. The predicted octanol–water partition coefficient (Wildman–Crippen LogP) is 2.92. The molecule has 3 rings (SSSR count). The molecular formula is C21H25FN4O2. The molecule has 28 heavy (non-hydrogen) atoms. The van der Waals surface area contributed by atoms with Crippen LogP contribution >= 0.6 is 0 Å². The molecule has 1 aliphatic rings. The number of carbonyl (C=O) groups excluding carboxylic acids is 2. The molecule has 6 nitrogen and oxygen atoms in total. The van der Waals surface area contributed by atoms with Gasteiger partial charge in [0.25, 0.3) is 0 Å². The number of aromatic nitrogens is 1. The van der Waals surface area contributed by atoms with Crippen LogP contribution in [0.2, 0.25) is 0 Å². The highest BCUT2D eigenvalue weighted by Crippen LogP contribution is 2.16. The van der Waals surface area contributed by atoms with Crippen molar-refractivity contribution in [1.29, 1.82) is 0 Å². The van der Waals surface area contributed by atoms with Crippen molar-refractivity contribution in [2.45, 2.75) is 19.8 Å². The lowest BCUT2D eigenvalue weighted by Crippen LogP contribution is -2.49. The van der Waals surface area contributed by atoms with E-state index in [0.717, 1.165) is 18.9 Å². The normalized spacial score (nSPS) is 15.2. The van der Waals surface area contributed by atoms with Crippen LogP contribution < -0.4 is 10.2 Å². The van der Waals surface area contributed by atoms with E-state index < -0.39 is 0 Å². The van der Waals surface area contributed by atoms with E-state index in [1.54, 1.807) is 6.20 Å². The second kappa shape index (κ2) is 9.30. The number of hydrogen-bond acceptors (Lipinski definition) is 4. The minimum atomic E-state index is -0.347. The third-order valence-electron chi connectivity index (χ3n) is 4.79. The summed E-state index contributed by atoms with van der Waals surface area (Å²) >= 11 is 0. The van der Waals surface area contributed by atoms with Gasteiger partial charge in [0.2, 0.25) is 11.8 Å². The van der Waals surface area contributed by atoms with E-state index in [0.29, 0.717) is 25.2 Å². The van der Waals surface area contributed by atoms with Crippen molar-refractivity contribution in [1.82, 2.24) is 9.88 Å². The van der Waals surface area contributed by atoms with Crippen LogP contribution in [0, 0.1) is 11.7 Å². The molecule has 0 aliphatic carbocycles. The zero-order chi connectivity index (χ0) is 19.9. The van der Waals surface area contributed by atoms with Crippen LogP contribution in [0.25, 0.3) is 0 Å². The SMILES string of the molecule is C[C@@H](CC(=O)Nc1ccc(F)cc1)CC(=O)N1CCN(c2ccccn2)CC1. The van der Waals surface area contributed by atoms with E-state index in [9.17, 15) is 14.0 Å². The Balaban J connectivity index is 1.41. The summed E-state index contributed by atoms with van der Waals surface area (Å²) in [5, 5.41) is 2.73. The molecule has 1 atom stereocenters. The average molecular weight is 384 g/mol. The summed E-state index contributed by atoms with van der Waals surface area (Å²) in [6, 6.07) is 11.4. The molecule has 1 aliphatic heterocycles. The molecule has 0 bridgehead atoms. The first-order chi connectivity index (χ1) is 13.5. The quantitative estimate of drug-likeness (QED) is 0.832. The van der Waals surface area contributed by atoms with Crippen LogP contribution in [0.15, 0.2) is 48.7 Å². The monoisotopic (exact) mass is 384 g/mol. The molecule has 2 aromatic rings. The smallest absolute Gasteiger partial charge is 0.224 e. The minimum Gasteiger partial charge on any atom is -0.353 e. The van der Waals surface area contributed by atoms with E-state index in [-0.39, 0.29) is 30.0 Å². The first kappa shape index (κ1) is 19.8. The van der Waals surface area contributed by atoms with Gasteiger partial charge in [-0.05, 0) is 42.3 Å². The van der Waals surface area contributed by atoms with Gasteiger partial charge in [0, 0.05) is 50.9 Å². The molecule has 1 fully saturated rings. The number of nitrogens with one attached hydrogen (secondary N) is 1. The zero-order valence-electron chi connectivity index (χ0n) is 16.0. The molecule has 2 amide bonds. The number of nitrogens with zero attached hydrogens (tertiary/aromatic N) is 3. The summed E-state index contributed by atoms with van der Waals surface area (Å²) < 4.78 is 12.9. The third kappa shape index (κ3) is 5.52. The number of pyridine rings is 1. The molecule has 0 radical (unpaired) electrons. The molecule has 0 unspecified atom stereocenters. The largest absolute Gasteiger partial charge is 0.353 e. The van der Waals surface area contributed by atoms with Crippen LogP contribution in [0.4, 0.5) is 15.9 Å². The van der Waals surface area contributed by atoms with E-state index in [4.69, 9.17) is 0 Å². The lowest BCUT2D eigenvalue weighted by Gasteiger charge is -2.35. The van der Waals surface area contributed by atoms with Gasteiger partial charge in [0.15, 0.2) is 0 Å². The highest BCUT2D eigenvalue weighted by molar-refractivity contribution is 5.91. The van der Waals surface area contributed by atoms with Crippen LogP contribution in [0.3, 0.4) is 0 Å². The molecular weight excluding hydrogens is 359 g/mol. The van der Waals surface area contributed by atoms with Gasteiger partial charge in [-0.1, -0.05) is 13.0 Å². The predicted molar refractivity (Wildman–Crippen MR) is 106 cm³/mol. The average Bonchev–Trinajstić information content (AvgIpc) is 2.70. The lowest BCUT2D eigenvalue weighted by atomic mass is 10.0. The van der Waals surface area contributed by atoms with Gasteiger partial charge in [-0.3, -0.25) is 9.59 Å². The number of piperazine rings is 1. The summed E-state index contributed by atoms with van der Waals surface area (Å²) in [5.74, 6) is 0.414. The summed E-state index contributed by atoms with van der Waals surface area (Å²) in [5.41, 5.74) is 0.551. The van der Waals surface area contributed by atoms with Crippen molar-refractivity contribution in [3.63, 3.8) is 0 Å². The minimum absolute atomic E-state index is 0.0678. The van der Waals surface area contributed by atoms with Gasteiger partial charge in [0.05, 0.1) is 0 Å². The van der Waals surface area contributed by atoms with Gasteiger partial charge in [0.1, 0.15) is 11.6 Å². The standard InChI is InChI=1S/C21H25FN4O2/c1-16(14-20(27)24-18-7-5-17(22)6-8-18)15-21(28)26-12-10-25(11-13-26)19-4-2-3-9-23-19/h2-9,16H,10-15H2,1H3,(H,24,27)/t16-/m0/s1. The third-order valence-corrected chi connectivity index (χ3v) is 4.79. The molecule has 0 saturated carbocycles. The molecule has 1 aromatic carbocycles. The molecule has 2 heterocycles. The number of amides is 2. The van der Waals surface area contributed by atoms with Gasteiger partial charge in [-0.15, -0.1) is 0 Å². The van der Waals surface area contributed by atoms with Crippen molar-refractivity contribution in [3.05, 3.63) is 54.5 Å². The first-order valence-corrected chi connectivity index (χ1v) is 9.50. The van der Waals surface area contributed by atoms with Crippen molar-refractivity contribution in [3.8, 4) is 0 Å². The number of carbonyl (C=O) groups is 2. The zero-order valence-corrected chi connectivity index (χ0v) is 16.0. The van der Waals surface area contributed by atoms with Crippen molar-refractivity contribution in [2.24, 2.45) is 5.92 Å². The maximum absolute atomic E-state index is 12.9. The summed E-state index contributed by atoms with van der Waals surface area (Å²) in [6.45, 7) is 4.71. The number of hydrogen-bond donors (Lipinski definition) is 1. The second-order valence-corrected chi connectivity index (χ2v) is 7.12. The van der Waals surface area contributed by atoms with E-state index in [1.165, 1.54) is 24.3 Å². The van der Waals surface area contributed by atoms with Gasteiger partial charge in [-0.2, -0.15) is 0 Å². The molecule has 7 heteroatoms. The van der Waals surface area contributed by atoms with E-state index in [1.807, 2.05) is 30.0 Å². The van der Waals surface area contributed by atoms with Crippen molar-refractivity contribution in [2.75, 3.05) is 36.4 Å². The van der Waals surface area contributed by atoms with Crippen LogP contribution in [0.5, 0.6) is 0 Å². The molecule has 1 saturated heterocycles. The molecule has 0 spiro atoms. The van der Waals surface area contributed by atoms with Gasteiger partial charge in [-0.25, -0.2) is 9.37 Å². The fraction of sp³-hybridized carbons (Fsp3) is 0.381. The highest BCUT2D eigenvalue weighted by atomic mass is 19.1. The number of anilines is 2. The lowest BCUT2D eigenvalue weighted by molar-refractivity contribution is -0.132. The number of benzene rings is 1. The van der Waals surface area contributed by atoms with Crippen LogP contribution in [-0.4, -0.2) is 47.9 Å². The Morgan fingerprint density at radius 2 is 1.79 bits per heavy atom.